The summed E-state index contributed by atoms with van der Waals surface area (Å²) in [4.78, 5) is 4.81. The molecule has 1 N–H and O–H groups in total. The van der Waals surface area contributed by atoms with Gasteiger partial charge >= 0.3 is 0 Å². The smallest absolute Gasteiger partial charge is 0.231 e. The van der Waals surface area contributed by atoms with Crippen LogP contribution in [0.5, 0.6) is 0 Å². The number of benzene rings is 1. The van der Waals surface area contributed by atoms with Crippen LogP contribution in [0.2, 0.25) is 0 Å². The fraction of sp³-hybridized carbons (Fsp3) is 0.529. The lowest BCUT2D eigenvalue weighted by atomic mass is 9.78. The summed E-state index contributed by atoms with van der Waals surface area (Å²) in [6, 6.07) is 10.7. The molecule has 4 heteroatoms. The summed E-state index contributed by atoms with van der Waals surface area (Å²) >= 11 is 0. The van der Waals surface area contributed by atoms with Crippen molar-refractivity contribution in [2.24, 2.45) is 0 Å². The van der Waals surface area contributed by atoms with Crippen molar-refractivity contribution in [1.29, 1.82) is 0 Å². The Morgan fingerprint density at radius 1 is 1.14 bits per heavy atom. The molecule has 0 amide bonds. The van der Waals surface area contributed by atoms with Crippen LogP contribution >= 0.6 is 0 Å². The Labute approximate surface area is 124 Å². The van der Waals surface area contributed by atoms with Crippen LogP contribution in [0, 0.1) is 0 Å². The van der Waals surface area contributed by atoms with Crippen molar-refractivity contribution in [3.8, 4) is 0 Å². The third kappa shape index (κ3) is 2.18. The molecule has 2 aromatic rings. The third-order valence-corrected chi connectivity index (χ3v) is 5.06. The first kappa shape index (κ1) is 13.0. The predicted octanol–water partition coefficient (Wildman–Crippen LogP) is 3.01. The van der Waals surface area contributed by atoms with Crippen LogP contribution in [0.3, 0.4) is 0 Å². The number of nitrogens with zero attached hydrogens (tertiary/aromatic N) is 2. The van der Waals surface area contributed by atoms with E-state index in [0.717, 1.165) is 44.1 Å². The van der Waals surface area contributed by atoms with Crippen molar-refractivity contribution in [3.05, 3.63) is 47.6 Å². The summed E-state index contributed by atoms with van der Waals surface area (Å²) in [5.74, 6) is 2.10. The van der Waals surface area contributed by atoms with Crippen LogP contribution in [-0.2, 0) is 5.41 Å². The Hall–Kier alpha value is -1.68. The minimum atomic E-state index is -0.0327. The van der Waals surface area contributed by atoms with E-state index in [1.807, 2.05) is 0 Å². The van der Waals surface area contributed by atoms with Crippen LogP contribution in [0.1, 0.15) is 55.3 Å². The monoisotopic (exact) mass is 283 g/mol. The van der Waals surface area contributed by atoms with E-state index in [1.54, 1.807) is 0 Å². The molecule has 0 bridgehead atoms. The first-order valence-corrected chi connectivity index (χ1v) is 7.99. The molecule has 21 heavy (non-hydrogen) atoms. The molecule has 1 atom stereocenters. The van der Waals surface area contributed by atoms with E-state index in [-0.39, 0.29) is 5.41 Å². The van der Waals surface area contributed by atoms with Crippen molar-refractivity contribution in [3.63, 3.8) is 0 Å². The maximum atomic E-state index is 5.61. The Morgan fingerprint density at radius 3 is 2.67 bits per heavy atom. The molecule has 1 aromatic heterocycles. The number of aromatic nitrogens is 2. The largest absolute Gasteiger partial charge is 0.339 e. The maximum Gasteiger partial charge on any atom is 0.231 e. The summed E-state index contributed by atoms with van der Waals surface area (Å²) < 4.78 is 5.61. The van der Waals surface area contributed by atoms with E-state index in [2.05, 4.69) is 40.8 Å². The molecule has 4 nitrogen and oxygen atoms in total. The average Bonchev–Trinajstić information content (AvgIpc) is 3.28. The van der Waals surface area contributed by atoms with E-state index in [4.69, 9.17) is 9.51 Å². The minimum absolute atomic E-state index is 0.0327. The average molecular weight is 283 g/mol. The molecule has 1 saturated heterocycles. The van der Waals surface area contributed by atoms with Crippen molar-refractivity contribution >= 4 is 0 Å². The molecule has 4 rings (SSSR count). The standard InChI is InChI=1S/C17H21N3O/c1-2-6-14(7-3-1)17(9-4-5-10-17)16-19-15(21-20-16)13-8-11-18-12-13/h1-3,6-7,13,18H,4-5,8-12H2. The summed E-state index contributed by atoms with van der Waals surface area (Å²) in [5.41, 5.74) is 1.30. The van der Waals surface area contributed by atoms with Crippen LogP contribution in [0.15, 0.2) is 34.9 Å². The molecule has 2 heterocycles. The van der Waals surface area contributed by atoms with E-state index in [9.17, 15) is 0 Å². The third-order valence-electron chi connectivity index (χ3n) is 5.06. The molecule has 2 fully saturated rings. The molecular formula is C17H21N3O. The van der Waals surface area contributed by atoms with E-state index in [0.29, 0.717) is 5.92 Å². The Balaban J connectivity index is 1.71. The van der Waals surface area contributed by atoms with Crippen molar-refractivity contribution in [1.82, 2.24) is 15.5 Å². The quantitative estimate of drug-likeness (QED) is 0.940. The highest BCUT2D eigenvalue weighted by Gasteiger charge is 2.42. The van der Waals surface area contributed by atoms with E-state index in [1.165, 1.54) is 18.4 Å². The van der Waals surface area contributed by atoms with Crippen molar-refractivity contribution < 1.29 is 4.52 Å². The van der Waals surface area contributed by atoms with Crippen LogP contribution in [0.25, 0.3) is 0 Å². The lowest BCUT2D eigenvalue weighted by Gasteiger charge is -2.25. The summed E-state index contributed by atoms with van der Waals surface area (Å²) in [5, 5.41) is 7.74. The van der Waals surface area contributed by atoms with Gasteiger partial charge in [0.05, 0.1) is 11.3 Å². The first-order chi connectivity index (χ1) is 10.4. The zero-order valence-corrected chi connectivity index (χ0v) is 12.2. The number of nitrogens with one attached hydrogen (secondary N) is 1. The van der Waals surface area contributed by atoms with Gasteiger partial charge in [-0.3, -0.25) is 0 Å². The van der Waals surface area contributed by atoms with Gasteiger partial charge in [-0.15, -0.1) is 0 Å². The van der Waals surface area contributed by atoms with E-state index >= 15 is 0 Å². The molecule has 1 aromatic carbocycles. The summed E-state index contributed by atoms with van der Waals surface area (Å²) in [6.07, 6.45) is 5.82. The van der Waals surface area contributed by atoms with Gasteiger partial charge in [-0.25, -0.2) is 0 Å². The topological polar surface area (TPSA) is 51.0 Å². The Morgan fingerprint density at radius 2 is 1.95 bits per heavy atom. The van der Waals surface area contributed by atoms with Crippen LogP contribution in [0.4, 0.5) is 0 Å². The van der Waals surface area contributed by atoms with Gasteiger partial charge in [0.15, 0.2) is 5.82 Å². The number of hydrogen-bond acceptors (Lipinski definition) is 4. The molecule has 0 radical (unpaired) electrons. The normalized spacial score (nSPS) is 24.5. The Kier molecular flexibility index (Phi) is 3.26. The number of hydrogen-bond donors (Lipinski definition) is 1. The van der Waals surface area contributed by atoms with Gasteiger partial charge in [0, 0.05) is 6.54 Å². The van der Waals surface area contributed by atoms with Gasteiger partial charge in [-0.2, -0.15) is 4.98 Å². The zero-order chi connectivity index (χ0) is 14.1. The highest BCUT2D eigenvalue weighted by atomic mass is 16.5. The highest BCUT2D eigenvalue weighted by Crippen LogP contribution is 2.45. The van der Waals surface area contributed by atoms with Gasteiger partial charge in [-0.1, -0.05) is 48.3 Å². The van der Waals surface area contributed by atoms with E-state index < -0.39 is 0 Å². The summed E-state index contributed by atoms with van der Waals surface area (Å²) in [7, 11) is 0. The second-order valence-corrected chi connectivity index (χ2v) is 6.30. The van der Waals surface area contributed by atoms with Crippen LogP contribution in [-0.4, -0.2) is 23.2 Å². The first-order valence-electron chi connectivity index (χ1n) is 7.99. The lowest BCUT2D eigenvalue weighted by molar-refractivity contribution is 0.345. The lowest BCUT2D eigenvalue weighted by Crippen LogP contribution is -2.25. The minimum Gasteiger partial charge on any atom is -0.339 e. The molecule has 1 saturated carbocycles. The second kappa shape index (κ2) is 5.26. The highest BCUT2D eigenvalue weighted by molar-refractivity contribution is 5.34. The molecule has 1 aliphatic carbocycles. The molecule has 1 aliphatic heterocycles. The molecule has 0 spiro atoms. The van der Waals surface area contributed by atoms with Gasteiger partial charge in [0.1, 0.15) is 0 Å². The maximum absolute atomic E-state index is 5.61. The molecule has 2 aliphatic rings. The molecule has 1 unspecified atom stereocenters. The fourth-order valence-electron chi connectivity index (χ4n) is 3.84. The van der Waals surface area contributed by atoms with Crippen molar-refractivity contribution in [2.75, 3.05) is 13.1 Å². The zero-order valence-electron chi connectivity index (χ0n) is 12.2. The second-order valence-electron chi connectivity index (χ2n) is 6.30. The van der Waals surface area contributed by atoms with Gasteiger partial charge in [0.2, 0.25) is 5.89 Å². The molecular weight excluding hydrogens is 262 g/mol. The fourth-order valence-corrected chi connectivity index (χ4v) is 3.84. The number of rotatable bonds is 3. The molecule has 110 valence electrons. The van der Waals surface area contributed by atoms with Gasteiger partial charge in [0.25, 0.3) is 0 Å². The van der Waals surface area contributed by atoms with Gasteiger partial charge in [-0.05, 0) is 31.4 Å². The van der Waals surface area contributed by atoms with Crippen molar-refractivity contribution in [2.45, 2.75) is 43.4 Å². The predicted molar refractivity (Wildman–Crippen MR) is 80.2 cm³/mol. The summed E-state index contributed by atoms with van der Waals surface area (Å²) in [6.45, 7) is 2.01. The van der Waals surface area contributed by atoms with Gasteiger partial charge < -0.3 is 9.84 Å². The Bertz CT molecular complexity index is 596. The van der Waals surface area contributed by atoms with Crippen LogP contribution < -0.4 is 5.32 Å². The SMILES string of the molecule is c1ccc(C2(c3noc(C4CCNC4)n3)CCCC2)cc1.